The first kappa shape index (κ1) is 16.0. The Labute approximate surface area is 115 Å². The van der Waals surface area contributed by atoms with Crippen molar-refractivity contribution in [2.45, 2.75) is 32.9 Å². The van der Waals surface area contributed by atoms with E-state index in [0.717, 1.165) is 16.9 Å². The molecule has 0 fully saturated rings. The van der Waals surface area contributed by atoms with Gasteiger partial charge in [-0.1, -0.05) is 17.7 Å². The van der Waals surface area contributed by atoms with E-state index in [0.29, 0.717) is 13.0 Å². The van der Waals surface area contributed by atoms with E-state index in [9.17, 15) is 5.11 Å². The molecule has 1 unspecified atom stereocenters. The van der Waals surface area contributed by atoms with Crippen molar-refractivity contribution in [1.29, 1.82) is 0 Å². The number of aliphatic hydroxyl groups excluding tert-OH is 2. The molecule has 1 aromatic rings. The third-order valence-corrected chi connectivity index (χ3v) is 3.42. The highest BCUT2D eigenvalue weighted by molar-refractivity contribution is 5.43. The molecule has 0 bridgehead atoms. The Hall–Kier alpha value is -1.10. The van der Waals surface area contributed by atoms with Crippen LogP contribution in [0.15, 0.2) is 12.1 Å². The summed E-state index contributed by atoms with van der Waals surface area (Å²) in [6.07, 6.45) is 0.570. The lowest BCUT2D eigenvalue weighted by Gasteiger charge is -2.27. The summed E-state index contributed by atoms with van der Waals surface area (Å²) in [5.41, 5.74) is 3.43. The molecule has 0 aliphatic rings. The van der Waals surface area contributed by atoms with Crippen molar-refractivity contribution in [2.75, 3.05) is 27.4 Å². The molecule has 4 nitrogen and oxygen atoms in total. The summed E-state index contributed by atoms with van der Waals surface area (Å²) in [5, 5.41) is 18.4. The van der Waals surface area contributed by atoms with Crippen LogP contribution < -0.4 is 4.74 Å². The Morgan fingerprint density at radius 2 is 1.95 bits per heavy atom. The average Bonchev–Trinajstić information content (AvgIpc) is 2.35. The van der Waals surface area contributed by atoms with E-state index in [2.05, 4.69) is 19.1 Å². The van der Waals surface area contributed by atoms with Gasteiger partial charge in [0, 0.05) is 24.8 Å². The lowest BCUT2D eigenvalue weighted by atomic mass is 10.0. The molecule has 108 valence electrons. The van der Waals surface area contributed by atoms with Crippen LogP contribution >= 0.6 is 0 Å². The van der Waals surface area contributed by atoms with Gasteiger partial charge in [-0.15, -0.1) is 0 Å². The van der Waals surface area contributed by atoms with Crippen molar-refractivity contribution < 1.29 is 14.9 Å². The topological polar surface area (TPSA) is 52.9 Å². The second kappa shape index (κ2) is 7.48. The zero-order valence-electron chi connectivity index (χ0n) is 12.3. The van der Waals surface area contributed by atoms with E-state index < -0.39 is 0 Å². The molecular weight excluding hydrogens is 242 g/mol. The molecule has 0 amide bonds. The molecule has 0 saturated heterocycles. The molecule has 2 N–H and O–H groups in total. The van der Waals surface area contributed by atoms with Crippen LogP contribution in [0.1, 0.15) is 23.1 Å². The number of likely N-dealkylation sites (N-methyl/N-ethyl adjacent to an activating group) is 1. The number of ether oxygens (including phenoxy) is 1. The third kappa shape index (κ3) is 4.20. The van der Waals surface area contributed by atoms with Crippen molar-refractivity contribution in [3.8, 4) is 5.75 Å². The van der Waals surface area contributed by atoms with Gasteiger partial charge >= 0.3 is 0 Å². The van der Waals surface area contributed by atoms with E-state index in [1.165, 1.54) is 5.56 Å². The van der Waals surface area contributed by atoms with Crippen LogP contribution in [-0.2, 0) is 6.54 Å². The highest BCUT2D eigenvalue weighted by Crippen LogP contribution is 2.26. The maximum atomic E-state index is 9.36. The molecule has 1 aromatic carbocycles. The Morgan fingerprint density at radius 1 is 1.26 bits per heavy atom. The van der Waals surface area contributed by atoms with Gasteiger partial charge in [0.05, 0.1) is 13.7 Å². The molecule has 4 heteroatoms. The summed E-state index contributed by atoms with van der Waals surface area (Å²) in [6, 6.07) is 4.17. The maximum Gasteiger partial charge on any atom is 0.126 e. The molecule has 0 heterocycles. The minimum Gasteiger partial charge on any atom is -0.496 e. The van der Waals surface area contributed by atoms with Gasteiger partial charge in [0.15, 0.2) is 0 Å². The summed E-state index contributed by atoms with van der Waals surface area (Å²) in [6.45, 7) is 4.92. The molecule has 0 saturated carbocycles. The minimum atomic E-state index is -0.0319. The van der Waals surface area contributed by atoms with Crippen LogP contribution in [0.2, 0.25) is 0 Å². The molecule has 0 spiro atoms. The smallest absolute Gasteiger partial charge is 0.126 e. The van der Waals surface area contributed by atoms with Crippen molar-refractivity contribution in [3.05, 3.63) is 28.8 Å². The summed E-state index contributed by atoms with van der Waals surface area (Å²) < 4.78 is 5.47. The Morgan fingerprint density at radius 3 is 2.47 bits per heavy atom. The van der Waals surface area contributed by atoms with Gasteiger partial charge < -0.3 is 14.9 Å². The fourth-order valence-electron chi connectivity index (χ4n) is 2.45. The quantitative estimate of drug-likeness (QED) is 0.786. The third-order valence-electron chi connectivity index (χ3n) is 3.42. The zero-order valence-corrected chi connectivity index (χ0v) is 12.3. The maximum absolute atomic E-state index is 9.36. The highest BCUT2D eigenvalue weighted by atomic mass is 16.5. The van der Waals surface area contributed by atoms with Gasteiger partial charge in [-0.25, -0.2) is 0 Å². The van der Waals surface area contributed by atoms with E-state index in [1.54, 1.807) is 7.11 Å². The van der Waals surface area contributed by atoms with Gasteiger partial charge in [-0.2, -0.15) is 0 Å². The number of aliphatic hydroxyl groups is 2. The summed E-state index contributed by atoms with van der Waals surface area (Å²) in [4.78, 5) is 2.05. The van der Waals surface area contributed by atoms with Crippen molar-refractivity contribution in [3.63, 3.8) is 0 Å². The van der Waals surface area contributed by atoms with E-state index in [-0.39, 0.29) is 19.3 Å². The number of methoxy groups -OCH3 is 1. The lowest BCUT2D eigenvalue weighted by Crippen LogP contribution is -2.35. The molecule has 0 aliphatic carbocycles. The van der Waals surface area contributed by atoms with Crippen LogP contribution in [-0.4, -0.2) is 48.5 Å². The number of hydrogen-bond acceptors (Lipinski definition) is 4. The summed E-state index contributed by atoms with van der Waals surface area (Å²) in [5.74, 6) is 0.901. The fourth-order valence-corrected chi connectivity index (χ4v) is 2.45. The number of benzene rings is 1. The van der Waals surface area contributed by atoms with Crippen molar-refractivity contribution in [2.24, 2.45) is 0 Å². The first-order chi connectivity index (χ1) is 9.03. The van der Waals surface area contributed by atoms with Crippen LogP contribution in [0, 0.1) is 13.8 Å². The lowest BCUT2D eigenvalue weighted by molar-refractivity contribution is 0.114. The van der Waals surface area contributed by atoms with Crippen LogP contribution in [0.3, 0.4) is 0 Å². The first-order valence-electron chi connectivity index (χ1n) is 6.59. The Balaban J connectivity index is 2.91. The second-order valence-corrected chi connectivity index (χ2v) is 5.04. The highest BCUT2D eigenvalue weighted by Gasteiger charge is 2.16. The average molecular weight is 267 g/mol. The van der Waals surface area contributed by atoms with E-state index >= 15 is 0 Å². The van der Waals surface area contributed by atoms with Crippen molar-refractivity contribution in [1.82, 2.24) is 4.90 Å². The molecule has 19 heavy (non-hydrogen) atoms. The SMILES string of the molecule is COc1c(C)cc(C)cc1CN(C)C(CO)CCO. The monoisotopic (exact) mass is 267 g/mol. The van der Waals surface area contributed by atoms with Gasteiger partial charge in [-0.05, 0) is 32.9 Å². The minimum absolute atomic E-state index is 0.0319. The normalized spacial score (nSPS) is 12.8. The van der Waals surface area contributed by atoms with Crippen LogP contribution in [0.25, 0.3) is 0 Å². The second-order valence-electron chi connectivity index (χ2n) is 5.04. The Bertz CT molecular complexity index is 407. The Kier molecular flexibility index (Phi) is 6.28. The number of rotatable bonds is 7. The zero-order chi connectivity index (χ0) is 14.4. The van der Waals surface area contributed by atoms with Gasteiger partial charge in [0.2, 0.25) is 0 Å². The first-order valence-corrected chi connectivity index (χ1v) is 6.59. The number of nitrogens with zero attached hydrogens (tertiary/aromatic N) is 1. The predicted octanol–water partition coefficient (Wildman–Crippen LogP) is 1.49. The molecule has 0 aliphatic heterocycles. The van der Waals surface area contributed by atoms with Gasteiger partial charge in [-0.3, -0.25) is 4.90 Å². The predicted molar refractivity (Wildman–Crippen MR) is 76.5 cm³/mol. The summed E-state index contributed by atoms with van der Waals surface area (Å²) >= 11 is 0. The van der Waals surface area contributed by atoms with Gasteiger partial charge in [0.25, 0.3) is 0 Å². The fraction of sp³-hybridized carbons (Fsp3) is 0.600. The number of aryl methyl sites for hydroxylation is 2. The molecule has 1 rings (SSSR count). The van der Waals surface area contributed by atoms with Crippen LogP contribution in [0.4, 0.5) is 0 Å². The number of hydrogen-bond donors (Lipinski definition) is 2. The summed E-state index contributed by atoms with van der Waals surface area (Å²) in [7, 11) is 3.63. The van der Waals surface area contributed by atoms with Crippen molar-refractivity contribution >= 4 is 0 Å². The molecule has 0 radical (unpaired) electrons. The van der Waals surface area contributed by atoms with E-state index in [4.69, 9.17) is 9.84 Å². The van der Waals surface area contributed by atoms with E-state index in [1.807, 2.05) is 18.9 Å². The van der Waals surface area contributed by atoms with Crippen LogP contribution in [0.5, 0.6) is 5.75 Å². The molecular formula is C15H25NO3. The molecule has 1 atom stereocenters. The standard InChI is InChI=1S/C15H25NO3/c1-11-7-12(2)15(19-4)13(8-11)9-16(3)14(10-18)5-6-17/h7-8,14,17-18H,5-6,9-10H2,1-4H3. The van der Waals surface area contributed by atoms with Gasteiger partial charge in [0.1, 0.15) is 5.75 Å². The largest absolute Gasteiger partial charge is 0.496 e. The molecule has 0 aromatic heterocycles.